The van der Waals surface area contributed by atoms with Crippen molar-refractivity contribution >= 4 is 17.5 Å². The van der Waals surface area contributed by atoms with Gasteiger partial charge in [0, 0.05) is 41.2 Å². The molecule has 2 aliphatic rings. The van der Waals surface area contributed by atoms with Crippen LogP contribution in [-0.4, -0.2) is 53.9 Å². The summed E-state index contributed by atoms with van der Waals surface area (Å²) in [5.74, 6) is 0.854. The Balaban J connectivity index is 1.47. The second-order valence-electron chi connectivity index (χ2n) is 8.16. The molecule has 1 atom stereocenters. The number of piperidine rings is 2. The fourth-order valence-electron chi connectivity index (χ4n) is 4.42. The summed E-state index contributed by atoms with van der Waals surface area (Å²) in [5.41, 5.74) is 3.06. The van der Waals surface area contributed by atoms with Crippen molar-refractivity contribution < 1.29 is 4.79 Å². The topological polar surface area (TPSA) is 36.4 Å². The molecular formula is C23H28ClN3O. The lowest BCUT2D eigenvalue weighted by Crippen LogP contribution is -2.45. The highest BCUT2D eigenvalue weighted by Gasteiger charge is 2.31. The van der Waals surface area contributed by atoms with E-state index in [1.54, 1.807) is 0 Å². The lowest BCUT2D eigenvalue weighted by Gasteiger charge is -2.37. The first-order valence-electron chi connectivity index (χ1n) is 10.3. The Kier molecular flexibility index (Phi) is 5.98. The first-order valence-corrected chi connectivity index (χ1v) is 10.7. The number of benzene rings is 1. The van der Waals surface area contributed by atoms with Crippen molar-refractivity contribution in [2.24, 2.45) is 5.92 Å². The van der Waals surface area contributed by atoms with Gasteiger partial charge >= 0.3 is 0 Å². The monoisotopic (exact) mass is 397 g/mol. The third-order valence-corrected chi connectivity index (χ3v) is 6.35. The predicted molar refractivity (Wildman–Crippen MR) is 113 cm³/mol. The van der Waals surface area contributed by atoms with Gasteiger partial charge in [0.05, 0.1) is 5.69 Å². The Morgan fingerprint density at radius 1 is 1.07 bits per heavy atom. The normalized spacial score (nSPS) is 21.6. The third kappa shape index (κ3) is 4.39. The summed E-state index contributed by atoms with van der Waals surface area (Å²) >= 11 is 6.15. The fourth-order valence-corrected chi connectivity index (χ4v) is 4.61. The molecule has 0 aliphatic carbocycles. The van der Waals surface area contributed by atoms with Gasteiger partial charge in [-0.1, -0.05) is 29.8 Å². The van der Waals surface area contributed by atoms with E-state index < -0.39 is 0 Å². The van der Waals surface area contributed by atoms with Crippen LogP contribution in [0.15, 0.2) is 42.5 Å². The van der Waals surface area contributed by atoms with Crippen LogP contribution in [0.4, 0.5) is 0 Å². The number of carbonyl (C=O) groups excluding carboxylic acids is 1. The van der Waals surface area contributed by atoms with Gasteiger partial charge in [-0.05, 0) is 70.1 Å². The van der Waals surface area contributed by atoms with Gasteiger partial charge in [0.1, 0.15) is 0 Å². The van der Waals surface area contributed by atoms with Crippen LogP contribution in [0.1, 0.15) is 37.3 Å². The Hall–Kier alpha value is -1.91. The van der Waals surface area contributed by atoms with E-state index in [9.17, 15) is 4.79 Å². The van der Waals surface area contributed by atoms with Gasteiger partial charge in [-0.15, -0.1) is 0 Å². The first kappa shape index (κ1) is 19.4. The number of aromatic nitrogens is 1. The molecule has 2 aromatic rings. The summed E-state index contributed by atoms with van der Waals surface area (Å²) in [5, 5.41) is 0.720. The van der Waals surface area contributed by atoms with Crippen LogP contribution in [0.5, 0.6) is 0 Å². The van der Waals surface area contributed by atoms with E-state index in [0.29, 0.717) is 11.8 Å². The second kappa shape index (κ2) is 8.62. The van der Waals surface area contributed by atoms with Crippen molar-refractivity contribution in [1.29, 1.82) is 0 Å². The van der Waals surface area contributed by atoms with Crippen LogP contribution in [0.25, 0.3) is 11.3 Å². The fraction of sp³-hybridized carbons (Fsp3) is 0.478. The molecule has 0 spiro atoms. The van der Waals surface area contributed by atoms with E-state index in [2.05, 4.69) is 29.0 Å². The summed E-state index contributed by atoms with van der Waals surface area (Å²) in [6.45, 7) is 3.72. The molecule has 4 rings (SSSR count). The minimum atomic E-state index is 0.195. The van der Waals surface area contributed by atoms with Crippen molar-refractivity contribution in [3.63, 3.8) is 0 Å². The van der Waals surface area contributed by atoms with Crippen LogP contribution in [-0.2, 0) is 4.79 Å². The average Bonchev–Trinajstić information content (AvgIpc) is 2.74. The third-order valence-electron chi connectivity index (χ3n) is 6.11. The van der Waals surface area contributed by atoms with Gasteiger partial charge in [0.2, 0.25) is 5.91 Å². The minimum absolute atomic E-state index is 0.195. The van der Waals surface area contributed by atoms with E-state index in [0.717, 1.165) is 73.8 Å². The van der Waals surface area contributed by atoms with Crippen molar-refractivity contribution in [1.82, 2.24) is 14.8 Å². The Labute approximate surface area is 172 Å². The Morgan fingerprint density at radius 3 is 2.64 bits per heavy atom. The number of hydrogen-bond donors (Lipinski definition) is 0. The van der Waals surface area contributed by atoms with E-state index in [1.165, 1.54) is 0 Å². The molecule has 1 aromatic heterocycles. The standard InChI is InChI=1S/C23H28ClN3O/c1-26-13-10-17(11-14-26)23(28)27-12-4-6-19(16-27)22-9-3-8-21(25-22)18-5-2-7-20(24)15-18/h2-3,5,7-9,15,17,19H,4,6,10-14,16H2,1H3/t19-/m1/s1. The summed E-state index contributed by atoms with van der Waals surface area (Å²) in [7, 11) is 2.14. The number of hydrogen-bond acceptors (Lipinski definition) is 3. The SMILES string of the molecule is CN1CCC(C(=O)N2CCC[C@@H](c3cccc(-c4cccc(Cl)c4)n3)C2)CC1. The van der Waals surface area contributed by atoms with Crippen LogP contribution in [0.3, 0.4) is 0 Å². The van der Waals surface area contributed by atoms with Crippen LogP contribution in [0.2, 0.25) is 5.02 Å². The number of likely N-dealkylation sites (tertiary alicyclic amines) is 2. The zero-order chi connectivity index (χ0) is 19.5. The van der Waals surface area contributed by atoms with E-state index in [1.807, 2.05) is 30.3 Å². The number of amides is 1. The van der Waals surface area contributed by atoms with Crippen molar-refractivity contribution in [2.75, 3.05) is 33.2 Å². The Bertz CT molecular complexity index is 832. The molecule has 0 N–H and O–H groups in total. The summed E-state index contributed by atoms with van der Waals surface area (Å²) < 4.78 is 0. The summed E-state index contributed by atoms with van der Waals surface area (Å²) in [6, 6.07) is 14.0. The Morgan fingerprint density at radius 2 is 1.86 bits per heavy atom. The van der Waals surface area contributed by atoms with Gasteiger partial charge in [-0.25, -0.2) is 0 Å². The average molecular weight is 398 g/mol. The van der Waals surface area contributed by atoms with Crippen LogP contribution >= 0.6 is 11.6 Å². The molecule has 28 heavy (non-hydrogen) atoms. The zero-order valence-corrected chi connectivity index (χ0v) is 17.2. The largest absolute Gasteiger partial charge is 0.342 e. The lowest BCUT2D eigenvalue weighted by molar-refractivity contribution is -0.138. The maximum Gasteiger partial charge on any atom is 0.225 e. The minimum Gasteiger partial charge on any atom is -0.342 e. The highest BCUT2D eigenvalue weighted by Crippen LogP contribution is 2.30. The molecule has 0 saturated carbocycles. The van der Waals surface area contributed by atoms with E-state index in [4.69, 9.17) is 16.6 Å². The van der Waals surface area contributed by atoms with E-state index >= 15 is 0 Å². The van der Waals surface area contributed by atoms with Crippen molar-refractivity contribution in [3.05, 3.63) is 53.2 Å². The van der Waals surface area contributed by atoms with Crippen molar-refractivity contribution in [2.45, 2.75) is 31.6 Å². The summed E-state index contributed by atoms with van der Waals surface area (Å²) in [6.07, 6.45) is 4.10. The van der Waals surface area contributed by atoms with Gasteiger partial charge < -0.3 is 9.80 Å². The maximum absolute atomic E-state index is 13.0. The molecular weight excluding hydrogens is 370 g/mol. The lowest BCUT2D eigenvalue weighted by atomic mass is 9.90. The molecule has 4 nitrogen and oxygen atoms in total. The quantitative estimate of drug-likeness (QED) is 0.767. The second-order valence-corrected chi connectivity index (χ2v) is 8.60. The molecule has 2 fully saturated rings. The van der Waals surface area contributed by atoms with E-state index in [-0.39, 0.29) is 5.92 Å². The highest BCUT2D eigenvalue weighted by atomic mass is 35.5. The van der Waals surface area contributed by atoms with Gasteiger partial charge in [-0.3, -0.25) is 9.78 Å². The first-order chi connectivity index (χ1) is 13.6. The number of carbonyl (C=O) groups is 1. The number of pyridine rings is 1. The molecule has 3 heterocycles. The smallest absolute Gasteiger partial charge is 0.225 e. The molecule has 148 valence electrons. The molecule has 0 radical (unpaired) electrons. The molecule has 1 amide bonds. The van der Waals surface area contributed by atoms with Crippen LogP contribution in [0, 0.1) is 5.92 Å². The molecule has 5 heteroatoms. The van der Waals surface area contributed by atoms with Crippen LogP contribution < -0.4 is 0 Å². The maximum atomic E-state index is 13.0. The number of nitrogens with zero attached hydrogens (tertiary/aromatic N) is 3. The molecule has 0 unspecified atom stereocenters. The number of halogens is 1. The van der Waals surface area contributed by atoms with Gasteiger partial charge in [0.25, 0.3) is 0 Å². The molecule has 1 aromatic carbocycles. The molecule has 0 bridgehead atoms. The molecule has 2 aliphatic heterocycles. The van der Waals surface area contributed by atoms with Crippen molar-refractivity contribution in [3.8, 4) is 11.3 Å². The zero-order valence-electron chi connectivity index (χ0n) is 16.5. The molecule has 2 saturated heterocycles. The summed E-state index contributed by atoms with van der Waals surface area (Å²) in [4.78, 5) is 22.4. The highest BCUT2D eigenvalue weighted by molar-refractivity contribution is 6.30. The van der Waals surface area contributed by atoms with Gasteiger partial charge in [0.15, 0.2) is 0 Å². The number of rotatable bonds is 3. The predicted octanol–water partition coefficient (Wildman–Crippen LogP) is 4.45. The van der Waals surface area contributed by atoms with Gasteiger partial charge in [-0.2, -0.15) is 0 Å².